The first-order valence-corrected chi connectivity index (χ1v) is 9.48. The van der Waals surface area contributed by atoms with Crippen molar-refractivity contribution in [2.45, 2.75) is 45.4 Å². The number of rotatable bonds is 5. The van der Waals surface area contributed by atoms with Crippen molar-refractivity contribution in [2.75, 3.05) is 20.2 Å². The summed E-state index contributed by atoms with van der Waals surface area (Å²) in [6.07, 6.45) is 5.89. The third-order valence-corrected chi connectivity index (χ3v) is 5.89. The molecule has 1 saturated heterocycles. The van der Waals surface area contributed by atoms with Crippen molar-refractivity contribution in [1.82, 2.24) is 4.90 Å². The van der Waals surface area contributed by atoms with E-state index in [0.717, 1.165) is 18.7 Å². The fourth-order valence-electron chi connectivity index (χ4n) is 4.36. The number of carbonyl (C=O) groups excluding carboxylic acids is 2. The van der Waals surface area contributed by atoms with E-state index in [9.17, 15) is 9.59 Å². The van der Waals surface area contributed by atoms with Crippen LogP contribution in [-0.4, -0.2) is 37.0 Å². The number of amides is 1. The molecule has 0 N–H and O–H groups in total. The van der Waals surface area contributed by atoms with Gasteiger partial charge in [0.05, 0.1) is 13.0 Å². The molecule has 136 valence electrons. The van der Waals surface area contributed by atoms with E-state index < -0.39 is 5.92 Å². The van der Waals surface area contributed by atoms with Crippen molar-refractivity contribution in [1.29, 1.82) is 0 Å². The van der Waals surface area contributed by atoms with Gasteiger partial charge in [-0.05, 0) is 43.6 Å². The smallest absolute Gasteiger partial charge is 0.309 e. The molecule has 1 aromatic carbocycles. The summed E-state index contributed by atoms with van der Waals surface area (Å²) in [6, 6.07) is 8.13. The monoisotopic (exact) mass is 343 g/mol. The maximum Gasteiger partial charge on any atom is 0.309 e. The van der Waals surface area contributed by atoms with Gasteiger partial charge in [0, 0.05) is 19.5 Å². The Balaban J connectivity index is 1.62. The highest BCUT2D eigenvalue weighted by Gasteiger charge is 2.37. The fourth-order valence-corrected chi connectivity index (χ4v) is 4.36. The van der Waals surface area contributed by atoms with Crippen molar-refractivity contribution < 1.29 is 14.3 Å². The van der Waals surface area contributed by atoms with Gasteiger partial charge < -0.3 is 9.64 Å². The van der Waals surface area contributed by atoms with Crippen molar-refractivity contribution >= 4 is 11.9 Å². The van der Waals surface area contributed by atoms with E-state index in [4.69, 9.17) is 4.74 Å². The quantitative estimate of drug-likeness (QED) is 0.770. The molecule has 1 amide bonds. The summed E-state index contributed by atoms with van der Waals surface area (Å²) >= 11 is 0. The summed E-state index contributed by atoms with van der Waals surface area (Å²) < 4.78 is 4.96. The van der Waals surface area contributed by atoms with Crippen LogP contribution in [-0.2, 0) is 20.7 Å². The molecule has 4 heteroatoms. The number of benzene rings is 1. The Morgan fingerprint density at radius 3 is 2.28 bits per heavy atom. The van der Waals surface area contributed by atoms with E-state index in [1.165, 1.54) is 38.4 Å². The van der Waals surface area contributed by atoms with Gasteiger partial charge in [-0.2, -0.15) is 0 Å². The molecule has 0 aromatic heterocycles. The molecule has 1 heterocycles. The largest absolute Gasteiger partial charge is 0.469 e. The topological polar surface area (TPSA) is 46.6 Å². The average Bonchev–Trinajstić information content (AvgIpc) is 3.06. The van der Waals surface area contributed by atoms with Crippen LogP contribution in [0.25, 0.3) is 0 Å². The first-order chi connectivity index (χ1) is 12.1. The van der Waals surface area contributed by atoms with Gasteiger partial charge in [0.1, 0.15) is 0 Å². The molecule has 25 heavy (non-hydrogen) atoms. The van der Waals surface area contributed by atoms with Crippen LogP contribution >= 0.6 is 0 Å². The Morgan fingerprint density at radius 1 is 1.12 bits per heavy atom. The number of aryl methyl sites for hydroxylation is 1. The lowest BCUT2D eigenvalue weighted by Crippen LogP contribution is -2.33. The van der Waals surface area contributed by atoms with Crippen LogP contribution in [0.2, 0.25) is 0 Å². The molecule has 3 atom stereocenters. The summed E-state index contributed by atoms with van der Waals surface area (Å²) in [4.78, 5) is 27.0. The normalized spacial score (nSPS) is 23.8. The lowest BCUT2D eigenvalue weighted by molar-refractivity contribution is -0.148. The molecule has 0 radical (unpaired) electrons. The maximum atomic E-state index is 12.8. The number of hydrogen-bond donors (Lipinski definition) is 0. The van der Waals surface area contributed by atoms with Gasteiger partial charge in [-0.1, -0.05) is 42.7 Å². The van der Waals surface area contributed by atoms with Crippen LogP contribution in [0.4, 0.5) is 0 Å². The van der Waals surface area contributed by atoms with Crippen molar-refractivity contribution in [3.8, 4) is 0 Å². The Kier molecular flexibility index (Phi) is 5.77. The summed E-state index contributed by atoms with van der Waals surface area (Å²) in [7, 11) is 1.40. The zero-order chi connectivity index (χ0) is 17.8. The SMILES string of the molecule is COC(=O)C(CC(=O)N1C[C@H]2CCCC[C@H]2C1)Cc1ccc(C)cc1. The van der Waals surface area contributed by atoms with Gasteiger partial charge in [-0.25, -0.2) is 0 Å². The Hall–Kier alpha value is -1.84. The molecule has 0 spiro atoms. The third kappa shape index (κ3) is 4.42. The van der Waals surface area contributed by atoms with E-state index in [1.54, 1.807) is 0 Å². The Bertz CT molecular complexity index is 596. The number of carbonyl (C=O) groups is 2. The van der Waals surface area contributed by atoms with Crippen LogP contribution in [0.15, 0.2) is 24.3 Å². The minimum atomic E-state index is -0.400. The van der Waals surface area contributed by atoms with E-state index in [-0.39, 0.29) is 18.3 Å². The highest BCUT2D eigenvalue weighted by atomic mass is 16.5. The highest BCUT2D eigenvalue weighted by Crippen LogP contribution is 2.36. The molecule has 0 bridgehead atoms. The molecular weight excluding hydrogens is 314 g/mol. The number of methoxy groups -OCH3 is 1. The van der Waals surface area contributed by atoms with Gasteiger partial charge in [0.2, 0.25) is 5.91 Å². The van der Waals surface area contributed by atoms with Crippen LogP contribution in [0.5, 0.6) is 0 Å². The average molecular weight is 343 g/mol. The summed E-state index contributed by atoms with van der Waals surface area (Å²) in [5.74, 6) is 0.767. The number of likely N-dealkylation sites (tertiary alicyclic amines) is 1. The summed E-state index contributed by atoms with van der Waals surface area (Å²) in [6.45, 7) is 3.79. The van der Waals surface area contributed by atoms with E-state index in [0.29, 0.717) is 18.3 Å². The molecule has 2 aliphatic rings. The van der Waals surface area contributed by atoms with Gasteiger partial charge in [-0.15, -0.1) is 0 Å². The summed E-state index contributed by atoms with van der Waals surface area (Å²) in [5.41, 5.74) is 2.26. The zero-order valence-electron chi connectivity index (χ0n) is 15.4. The van der Waals surface area contributed by atoms with Gasteiger partial charge in [0.25, 0.3) is 0 Å². The van der Waals surface area contributed by atoms with Crippen LogP contribution in [0.3, 0.4) is 0 Å². The van der Waals surface area contributed by atoms with E-state index in [2.05, 4.69) is 0 Å². The molecule has 4 nitrogen and oxygen atoms in total. The molecule has 1 aromatic rings. The first-order valence-electron chi connectivity index (χ1n) is 9.48. The number of hydrogen-bond acceptors (Lipinski definition) is 3. The van der Waals surface area contributed by atoms with Gasteiger partial charge in [-0.3, -0.25) is 9.59 Å². The first kappa shape index (κ1) is 18.0. The lowest BCUT2D eigenvalue weighted by Gasteiger charge is -2.22. The minimum Gasteiger partial charge on any atom is -0.469 e. The number of esters is 1. The number of nitrogens with zero attached hydrogens (tertiary/aromatic N) is 1. The van der Waals surface area contributed by atoms with Gasteiger partial charge in [0.15, 0.2) is 0 Å². The molecule has 1 unspecified atom stereocenters. The van der Waals surface area contributed by atoms with Crippen LogP contribution in [0.1, 0.15) is 43.2 Å². The van der Waals surface area contributed by atoms with E-state index >= 15 is 0 Å². The molecule has 1 saturated carbocycles. The maximum absolute atomic E-state index is 12.8. The third-order valence-electron chi connectivity index (χ3n) is 5.89. The molecule has 1 aliphatic heterocycles. The Morgan fingerprint density at radius 2 is 1.72 bits per heavy atom. The second-order valence-corrected chi connectivity index (χ2v) is 7.72. The number of fused-ring (bicyclic) bond motifs is 1. The predicted molar refractivity (Wildman–Crippen MR) is 97.0 cm³/mol. The highest BCUT2D eigenvalue weighted by molar-refractivity contribution is 5.83. The fraction of sp³-hybridized carbons (Fsp3) is 0.619. The standard InChI is InChI=1S/C21H29NO3/c1-15-7-9-16(10-8-15)11-19(21(24)25-2)12-20(23)22-13-17-5-3-4-6-18(17)14-22/h7-10,17-19H,3-6,11-14H2,1-2H3/t17-,18+,19?. The van der Waals surface area contributed by atoms with Crippen LogP contribution in [0, 0.1) is 24.7 Å². The van der Waals surface area contributed by atoms with Crippen molar-refractivity contribution in [2.24, 2.45) is 17.8 Å². The Labute approximate surface area is 150 Å². The molecule has 1 aliphatic carbocycles. The summed E-state index contributed by atoms with van der Waals surface area (Å²) in [5, 5.41) is 0. The number of ether oxygens (including phenoxy) is 1. The lowest BCUT2D eigenvalue weighted by atomic mass is 9.82. The van der Waals surface area contributed by atoms with Crippen molar-refractivity contribution in [3.05, 3.63) is 35.4 Å². The molecule has 2 fully saturated rings. The predicted octanol–water partition coefficient (Wildman–Crippen LogP) is 3.37. The van der Waals surface area contributed by atoms with Gasteiger partial charge >= 0.3 is 5.97 Å². The minimum absolute atomic E-state index is 0.108. The second-order valence-electron chi connectivity index (χ2n) is 7.72. The second kappa shape index (κ2) is 8.03. The zero-order valence-corrected chi connectivity index (χ0v) is 15.4. The van der Waals surface area contributed by atoms with E-state index in [1.807, 2.05) is 36.1 Å². The van der Waals surface area contributed by atoms with Crippen LogP contribution < -0.4 is 0 Å². The molecule has 3 rings (SSSR count). The molecular formula is C21H29NO3. The van der Waals surface area contributed by atoms with Crippen molar-refractivity contribution in [3.63, 3.8) is 0 Å².